The van der Waals surface area contributed by atoms with Gasteiger partial charge in [0, 0.05) is 31.6 Å². The first-order chi connectivity index (χ1) is 12.9. The van der Waals surface area contributed by atoms with Crippen LogP contribution >= 0.6 is 0 Å². The van der Waals surface area contributed by atoms with E-state index in [2.05, 4.69) is 19.2 Å². The second-order valence-corrected chi connectivity index (χ2v) is 8.82. The number of carbonyl (C=O) groups is 2. The Bertz CT molecular complexity index is 449. The Morgan fingerprint density at radius 2 is 1.52 bits per heavy atom. The fourth-order valence-electron chi connectivity index (χ4n) is 4.25. The zero-order valence-electron chi connectivity index (χ0n) is 17.5. The Balaban J connectivity index is 1.48. The third kappa shape index (κ3) is 8.73. The Morgan fingerprint density at radius 1 is 0.926 bits per heavy atom. The van der Waals surface area contributed by atoms with E-state index in [0.717, 1.165) is 38.9 Å². The van der Waals surface area contributed by atoms with Gasteiger partial charge in [-0.05, 0) is 84.0 Å². The van der Waals surface area contributed by atoms with Crippen LogP contribution in [0.25, 0.3) is 0 Å². The van der Waals surface area contributed by atoms with Crippen LogP contribution in [-0.4, -0.2) is 43.7 Å². The average Bonchev–Trinajstić information content (AvgIpc) is 2.65. The van der Waals surface area contributed by atoms with Crippen LogP contribution < -0.4 is 5.32 Å². The molecule has 0 heterocycles. The van der Waals surface area contributed by atoms with Crippen LogP contribution in [-0.2, 0) is 19.1 Å². The summed E-state index contributed by atoms with van der Waals surface area (Å²) in [5, 5.41) is 3.10. The smallest absolute Gasteiger partial charge is 0.222 e. The van der Waals surface area contributed by atoms with Crippen molar-refractivity contribution in [2.24, 2.45) is 17.8 Å². The molecule has 0 aliphatic heterocycles. The van der Waals surface area contributed by atoms with Gasteiger partial charge in [-0.25, -0.2) is 0 Å². The van der Waals surface area contributed by atoms with Gasteiger partial charge in [0.05, 0.1) is 12.7 Å². The lowest BCUT2D eigenvalue weighted by Crippen LogP contribution is -2.38. The molecular weight excluding hydrogens is 342 g/mol. The molecule has 0 aromatic carbocycles. The van der Waals surface area contributed by atoms with E-state index in [0.29, 0.717) is 31.0 Å². The van der Waals surface area contributed by atoms with Crippen LogP contribution in [0.5, 0.6) is 0 Å². The summed E-state index contributed by atoms with van der Waals surface area (Å²) in [6.07, 6.45) is 9.26. The summed E-state index contributed by atoms with van der Waals surface area (Å²) in [5.74, 6) is 1.90. The predicted octanol–water partition coefficient (Wildman–Crippen LogP) is 3.89. The van der Waals surface area contributed by atoms with Gasteiger partial charge in [0.15, 0.2) is 0 Å². The maximum absolute atomic E-state index is 12.1. The number of hydrogen-bond acceptors (Lipinski definition) is 4. The first-order valence-electron chi connectivity index (χ1n) is 10.9. The summed E-state index contributed by atoms with van der Waals surface area (Å²) in [7, 11) is 0. The van der Waals surface area contributed by atoms with Gasteiger partial charge in [-0.3, -0.25) is 9.59 Å². The lowest BCUT2D eigenvalue weighted by atomic mass is 9.83. The fraction of sp³-hybridized carbons (Fsp3) is 0.909. The van der Waals surface area contributed by atoms with Crippen LogP contribution in [0.1, 0.15) is 78.6 Å². The van der Waals surface area contributed by atoms with Crippen molar-refractivity contribution < 1.29 is 19.1 Å². The second-order valence-electron chi connectivity index (χ2n) is 8.82. The minimum absolute atomic E-state index is 0.0795. The van der Waals surface area contributed by atoms with E-state index < -0.39 is 0 Å². The number of Topliss-reactive ketones (excluding diaryl/α,β-unsaturated/α-hetero) is 1. The number of carbonyl (C=O) groups excluding carboxylic acids is 2. The van der Waals surface area contributed by atoms with Crippen molar-refractivity contribution in [3.05, 3.63) is 0 Å². The van der Waals surface area contributed by atoms with Crippen molar-refractivity contribution in [1.82, 2.24) is 5.32 Å². The van der Waals surface area contributed by atoms with E-state index in [9.17, 15) is 9.59 Å². The monoisotopic (exact) mass is 381 g/mol. The molecule has 2 saturated carbocycles. The second kappa shape index (κ2) is 11.8. The third-order valence-corrected chi connectivity index (χ3v) is 6.13. The maximum atomic E-state index is 12.1. The Kier molecular flexibility index (Phi) is 9.77. The van der Waals surface area contributed by atoms with Gasteiger partial charge in [-0.15, -0.1) is 0 Å². The van der Waals surface area contributed by atoms with Crippen LogP contribution in [0.4, 0.5) is 0 Å². The predicted molar refractivity (Wildman–Crippen MR) is 107 cm³/mol. The van der Waals surface area contributed by atoms with Gasteiger partial charge < -0.3 is 14.8 Å². The molecule has 2 aliphatic rings. The normalized spacial score (nSPS) is 28.9. The highest BCUT2D eigenvalue weighted by molar-refractivity contribution is 5.78. The lowest BCUT2D eigenvalue weighted by molar-refractivity contribution is -0.123. The molecular formula is C22H39NO4. The molecule has 0 saturated heterocycles. The maximum Gasteiger partial charge on any atom is 0.222 e. The highest BCUT2D eigenvalue weighted by Crippen LogP contribution is 2.29. The fourth-order valence-corrected chi connectivity index (χ4v) is 4.25. The van der Waals surface area contributed by atoms with Gasteiger partial charge in [0.25, 0.3) is 0 Å². The summed E-state index contributed by atoms with van der Waals surface area (Å²) in [6, 6.07) is 0.233. The molecule has 0 bridgehead atoms. The van der Waals surface area contributed by atoms with Gasteiger partial charge in [0.1, 0.15) is 5.78 Å². The molecule has 5 nitrogen and oxygen atoms in total. The molecule has 27 heavy (non-hydrogen) atoms. The van der Waals surface area contributed by atoms with Crippen molar-refractivity contribution in [3.63, 3.8) is 0 Å². The Morgan fingerprint density at radius 3 is 2.07 bits per heavy atom. The number of rotatable bonds is 10. The highest BCUT2D eigenvalue weighted by Gasteiger charge is 2.25. The number of amides is 1. The zero-order chi connectivity index (χ0) is 19.6. The zero-order valence-corrected chi connectivity index (χ0v) is 17.5. The molecule has 0 spiro atoms. The minimum Gasteiger partial charge on any atom is -0.381 e. The van der Waals surface area contributed by atoms with E-state index in [4.69, 9.17) is 9.47 Å². The van der Waals surface area contributed by atoms with Crippen LogP contribution in [0.15, 0.2) is 0 Å². The number of hydrogen-bond donors (Lipinski definition) is 1. The quantitative estimate of drug-likeness (QED) is 0.583. The number of ether oxygens (including phenoxy) is 2. The van der Waals surface area contributed by atoms with Crippen molar-refractivity contribution in [1.29, 1.82) is 0 Å². The average molecular weight is 382 g/mol. The Labute approximate surface area is 164 Å². The molecule has 156 valence electrons. The van der Waals surface area contributed by atoms with E-state index in [1.165, 1.54) is 25.7 Å². The molecule has 2 aliphatic carbocycles. The first-order valence-corrected chi connectivity index (χ1v) is 10.9. The minimum atomic E-state index is 0.0795. The third-order valence-electron chi connectivity index (χ3n) is 6.13. The summed E-state index contributed by atoms with van der Waals surface area (Å²) >= 11 is 0. The molecule has 1 N–H and O–H groups in total. The number of nitrogens with one attached hydrogen (secondary N) is 1. The largest absolute Gasteiger partial charge is 0.381 e. The summed E-state index contributed by atoms with van der Waals surface area (Å²) in [5.41, 5.74) is 0. The molecule has 0 aromatic heterocycles. The summed E-state index contributed by atoms with van der Waals surface area (Å²) in [6.45, 7) is 8.02. The van der Waals surface area contributed by atoms with Crippen LogP contribution in [0.3, 0.4) is 0 Å². The van der Waals surface area contributed by atoms with E-state index in [1.807, 2.05) is 0 Å². The molecule has 0 unspecified atom stereocenters. The lowest BCUT2D eigenvalue weighted by Gasteiger charge is -2.29. The molecule has 0 atom stereocenters. The molecule has 5 heteroatoms. The van der Waals surface area contributed by atoms with Crippen LogP contribution in [0, 0.1) is 17.8 Å². The highest BCUT2D eigenvalue weighted by atomic mass is 16.5. The number of ketones is 1. The molecule has 2 fully saturated rings. The van der Waals surface area contributed by atoms with Gasteiger partial charge in [-0.2, -0.15) is 0 Å². The summed E-state index contributed by atoms with van der Waals surface area (Å²) in [4.78, 5) is 23.5. The van der Waals surface area contributed by atoms with E-state index in [-0.39, 0.29) is 23.7 Å². The van der Waals surface area contributed by atoms with Gasteiger partial charge >= 0.3 is 0 Å². The summed E-state index contributed by atoms with van der Waals surface area (Å²) < 4.78 is 11.5. The standard InChI is InChI=1S/C22H39NO4/c1-16(2)27-15-19-6-4-18(5-7-19)14-26-13-12-22(25)23-21-10-8-20(9-11-21)17(3)24/h16,18-21H,4-15H2,1-3H3,(H,23,25). The SMILES string of the molecule is CC(=O)C1CCC(NC(=O)CCOCC2CCC(COC(C)C)CC2)CC1. The Hall–Kier alpha value is -0.940. The first kappa shape index (κ1) is 22.4. The molecule has 1 amide bonds. The van der Waals surface area contributed by atoms with Crippen LogP contribution in [0.2, 0.25) is 0 Å². The van der Waals surface area contributed by atoms with Crippen molar-refractivity contribution in [2.45, 2.75) is 90.7 Å². The molecule has 0 radical (unpaired) electrons. The van der Waals surface area contributed by atoms with E-state index in [1.54, 1.807) is 6.92 Å². The van der Waals surface area contributed by atoms with Crippen molar-refractivity contribution in [2.75, 3.05) is 19.8 Å². The van der Waals surface area contributed by atoms with Gasteiger partial charge in [-0.1, -0.05) is 0 Å². The topological polar surface area (TPSA) is 64.6 Å². The van der Waals surface area contributed by atoms with Crippen molar-refractivity contribution >= 4 is 11.7 Å². The van der Waals surface area contributed by atoms with Gasteiger partial charge in [0.2, 0.25) is 5.91 Å². The molecule has 2 rings (SSSR count). The van der Waals surface area contributed by atoms with Crippen molar-refractivity contribution in [3.8, 4) is 0 Å². The van der Waals surface area contributed by atoms with E-state index >= 15 is 0 Å². The molecule has 0 aromatic rings.